The Morgan fingerprint density at radius 1 is 1.60 bits per heavy atom. The number of halogens is 1. The molecule has 0 fully saturated rings. The molecular formula is C11H15ClN2O. The molecule has 0 heterocycles. The lowest BCUT2D eigenvalue weighted by Crippen LogP contribution is -2.35. The fourth-order valence-electron chi connectivity index (χ4n) is 1.19. The molecule has 0 spiro atoms. The zero-order valence-corrected chi connectivity index (χ0v) is 9.64. The summed E-state index contributed by atoms with van der Waals surface area (Å²) in [5.74, 6) is -0.200. The molecule has 1 aromatic carbocycles. The van der Waals surface area contributed by atoms with Gasteiger partial charge in [0.2, 0.25) is 5.91 Å². The Hall–Kier alpha value is -1.06. The van der Waals surface area contributed by atoms with Gasteiger partial charge in [-0.3, -0.25) is 4.79 Å². The third-order valence-electron chi connectivity index (χ3n) is 2.25. The molecule has 82 valence electrons. The third kappa shape index (κ3) is 2.94. The van der Waals surface area contributed by atoms with Gasteiger partial charge in [-0.2, -0.15) is 0 Å². The Morgan fingerprint density at radius 2 is 2.27 bits per heavy atom. The number of anilines is 1. The molecular weight excluding hydrogens is 212 g/mol. The molecule has 0 aliphatic rings. The lowest BCUT2D eigenvalue weighted by Gasteiger charge is -2.13. The number of nitrogens with one attached hydrogen (secondary N) is 1. The van der Waals surface area contributed by atoms with Crippen LogP contribution in [0, 0.1) is 6.92 Å². The fraction of sp³-hybridized carbons (Fsp3) is 0.364. The highest BCUT2D eigenvalue weighted by molar-refractivity contribution is 6.34. The standard InChI is InChI=1S/C11H15ClN2O/c1-3-9(13)11(15)14-10-7(2)5-4-6-8(10)12/h4-6,9H,3,13H2,1-2H3,(H,14,15)/t9-/m0/s1. The molecule has 1 rings (SSSR count). The van der Waals surface area contributed by atoms with E-state index in [1.807, 2.05) is 26.0 Å². The molecule has 1 amide bonds. The highest BCUT2D eigenvalue weighted by Gasteiger charge is 2.13. The van der Waals surface area contributed by atoms with Gasteiger partial charge in [0.15, 0.2) is 0 Å². The van der Waals surface area contributed by atoms with Crippen LogP contribution in [0.5, 0.6) is 0 Å². The van der Waals surface area contributed by atoms with Crippen molar-refractivity contribution in [3.8, 4) is 0 Å². The monoisotopic (exact) mass is 226 g/mol. The van der Waals surface area contributed by atoms with E-state index in [9.17, 15) is 4.79 Å². The number of nitrogens with two attached hydrogens (primary N) is 1. The Bertz CT molecular complexity index is 345. The lowest BCUT2D eigenvalue weighted by molar-refractivity contribution is -0.117. The second kappa shape index (κ2) is 5.14. The minimum atomic E-state index is -0.485. The van der Waals surface area contributed by atoms with Crippen molar-refractivity contribution < 1.29 is 4.79 Å². The van der Waals surface area contributed by atoms with Crippen LogP contribution in [0.25, 0.3) is 0 Å². The Kier molecular flexibility index (Phi) is 4.12. The van der Waals surface area contributed by atoms with Crippen molar-refractivity contribution in [2.24, 2.45) is 5.73 Å². The van der Waals surface area contributed by atoms with Gasteiger partial charge in [-0.1, -0.05) is 30.7 Å². The van der Waals surface area contributed by atoms with Crippen molar-refractivity contribution in [2.75, 3.05) is 5.32 Å². The van der Waals surface area contributed by atoms with E-state index in [0.717, 1.165) is 5.56 Å². The van der Waals surface area contributed by atoms with Crippen molar-refractivity contribution in [3.63, 3.8) is 0 Å². The SMILES string of the molecule is CC[C@H](N)C(=O)Nc1c(C)cccc1Cl. The van der Waals surface area contributed by atoms with Crippen molar-refractivity contribution in [2.45, 2.75) is 26.3 Å². The van der Waals surface area contributed by atoms with Gasteiger partial charge in [0.25, 0.3) is 0 Å². The van der Waals surface area contributed by atoms with E-state index in [2.05, 4.69) is 5.32 Å². The van der Waals surface area contributed by atoms with Gasteiger partial charge in [0, 0.05) is 0 Å². The summed E-state index contributed by atoms with van der Waals surface area (Å²) < 4.78 is 0. The highest BCUT2D eigenvalue weighted by Crippen LogP contribution is 2.25. The number of aryl methyl sites for hydroxylation is 1. The van der Waals surface area contributed by atoms with Gasteiger partial charge >= 0.3 is 0 Å². The predicted molar refractivity (Wildman–Crippen MR) is 63.1 cm³/mol. The summed E-state index contributed by atoms with van der Waals surface area (Å²) in [6, 6.07) is 4.98. The summed E-state index contributed by atoms with van der Waals surface area (Å²) in [5, 5.41) is 3.27. The second-order valence-electron chi connectivity index (χ2n) is 3.44. The lowest BCUT2D eigenvalue weighted by atomic mass is 10.1. The third-order valence-corrected chi connectivity index (χ3v) is 2.56. The van der Waals surface area contributed by atoms with Crippen molar-refractivity contribution in [3.05, 3.63) is 28.8 Å². The molecule has 0 saturated heterocycles. The van der Waals surface area contributed by atoms with Gasteiger partial charge in [0.1, 0.15) is 0 Å². The summed E-state index contributed by atoms with van der Waals surface area (Å²) in [6.45, 7) is 3.75. The number of carbonyl (C=O) groups is 1. The Labute approximate surface area is 94.6 Å². The molecule has 1 aromatic rings. The van der Waals surface area contributed by atoms with E-state index in [4.69, 9.17) is 17.3 Å². The molecule has 0 bridgehead atoms. The first-order chi connectivity index (χ1) is 7.06. The summed E-state index contributed by atoms with van der Waals surface area (Å²) in [6.07, 6.45) is 0.606. The van der Waals surface area contributed by atoms with Crippen LogP contribution in [-0.2, 0) is 4.79 Å². The molecule has 0 aliphatic carbocycles. The number of carbonyl (C=O) groups excluding carboxylic acids is 1. The minimum Gasteiger partial charge on any atom is -0.323 e. The second-order valence-corrected chi connectivity index (χ2v) is 3.84. The summed E-state index contributed by atoms with van der Waals surface area (Å²) in [4.78, 5) is 11.6. The quantitative estimate of drug-likeness (QED) is 0.831. The molecule has 0 aromatic heterocycles. The van der Waals surface area contributed by atoms with Crippen LogP contribution in [-0.4, -0.2) is 11.9 Å². The van der Waals surface area contributed by atoms with Crippen molar-refractivity contribution in [1.82, 2.24) is 0 Å². The zero-order valence-electron chi connectivity index (χ0n) is 8.88. The van der Waals surface area contributed by atoms with Crippen molar-refractivity contribution >= 4 is 23.2 Å². The molecule has 0 unspecified atom stereocenters. The van der Waals surface area contributed by atoms with E-state index >= 15 is 0 Å². The minimum absolute atomic E-state index is 0.200. The van der Waals surface area contributed by atoms with Crippen LogP contribution in [0.3, 0.4) is 0 Å². The zero-order chi connectivity index (χ0) is 11.4. The molecule has 15 heavy (non-hydrogen) atoms. The first-order valence-electron chi connectivity index (χ1n) is 4.87. The molecule has 3 N–H and O–H groups in total. The molecule has 0 saturated carbocycles. The molecule has 1 atom stereocenters. The fourth-order valence-corrected chi connectivity index (χ4v) is 1.46. The average Bonchev–Trinajstić information content (AvgIpc) is 2.22. The van der Waals surface area contributed by atoms with E-state index in [1.165, 1.54) is 0 Å². The van der Waals surface area contributed by atoms with Gasteiger partial charge in [-0.25, -0.2) is 0 Å². The maximum atomic E-state index is 11.6. The summed E-state index contributed by atoms with van der Waals surface area (Å²) in [7, 11) is 0. The highest BCUT2D eigenvalue weighted by atomic mass is 35.5. The first-order valence-corrected chi connectivity index (χ1v) is 5.25. The van der Waals surface area contributed by atoms with Crippen LogP contribution in [0.1, 0.15) is 18.9 Å². The maximum absolute atomic E-state index is 11.6. The van der Waals surface area contributed by atoms with E-state index < -0.39 is 6.04 Å². The maximum Gasteiger partial charge on any atom is 0.241 e. The van der Waals surface area contributed by atoms with Gasteiger partial charge < -0.3 is 11.1 Å². The van der Waals surface area contributed by atoms with E-state index in [0.29, 0.717) is 17.1 Å². The van der Waals surface area contributed by atoms with E-state index in [1.54, 1.807) is 6.07 Å². The number of para-hydroxylation sites is 1. The van der Waals surface area contributed by atoms with Crippen LogP contribution in [0.4, 0.5) is 5.69 Å². The normalized spacial score (nSPS) is 12.3. The smallest absolute Gasteiger partial charge is 0.241 e. The van der Waals surface area contributed by atoms with Gasteiger partial charge in [0.05, 0.1) is 16.8 Å². The average molecular weight is 227 g/mol. The molecule has 4 heteroatoms. The summed E-state index contributed by atoms with van der Waals surface area (Å²) >= 11 is 5.97. The number of hydrogen-bond donors (Lipinski definition) is 2. The summed E-state index contributed by atoms with van der Waals surface area (Å²) in [5.41, 5.74) is 7.19. The number of hydrogen-bond acceptors (Lipinski definition) is 2. The van der Waals surface area contributed by atoms with Gasteiger partial charge in [-0.15, -0.1) is 0 Å². The van der Waals surface area contributed by atoms with Crippen LogP contribution < -0.4 is 11.1 Å². The van der Waals surface area contributed by atoms with E-state index in [-0.39, 0.29) is 5.91 Å². The molecule has 0 aliphatic heterocycles. The van der Waals surface area contributed by atoms with Crippen molar-refractivity contribution in [1.29, 1.82) is 0 Å². The largest absolute Gasteiger partial charge is 0.323 e. The number of amides is 1. The van der Waals surface area contributed by atoms with Gasteiger partial charge in [-0.05, 0) is 25.0 Å². The Balaban J connectivity index is 2.85. The molecule has 0 radical (unpaired) electrons. The first kappa shape index (κ1) is 12.0. The van der Waals surface area contributed by atoms with Crippen LogP contribution in [0.2, 0.25) is 5.02 Å². The topological polar surface area (TPSA) is 55.1 Å². The Morgan fingerprint density at radius 3 is 2.80 bits per heavy atom. The number of rotatable bonds is 3. The number of benzene rings is 1. The molecule has 3 nitrogen and oxygen atoms in total. The van der Waals surface area contributed by atoms with Crippen LogP contribution >= 0.6 is 11.6 Å². The predicted octanol–water partition coefficient (Wildman–Crippen LogP) is 2.32. The van der Waals surface area contributed by atoms with Crippen LogP contribution in [0.15, 0.2) is 18.2 Å².